The largest absolute Gasteiger partial charge is 0.497 e. The van der Waals surface area contributed by atoms with Crippen LogP contribution < -0.4 is 15.2 Å². The van der Waals surface area contributed by atoms with Gasteiger partial charge in [0, 0.05) is 12.6 Å². The molecule has 1 rings (SSSR count). The number of nitro benzene ring substituents is 1. The molecule has 1 atom stereocenters. The van der Waals surface area contributed by atoms with E-state index in [9.17, 15) is 18.5 Å². The summed E-state index contributed by atoms with van der Waals surface area (Å²) in [5.74, 6) is 0.206. The van der Waals surface area contributed by atoms with Gasteiger partial charge in [0.2, 0.25) is 10.0 Å². The third-order valence-corrected chi connectivity index (χ3v) is 4.00. The van der Waals surface area contributed by atoms with Gasteiger partial charge in [0.1, 0.15) is 5.75 Å². The lowest BCUT2D eigenvalue weighted by Crippen LogP contribution is -2.37. The number of rotatable bonds is 6. The summed E-state index contributed by atoms with van der Waals surface area (Å²) < 4.78 is 31.1. The molecule has 1 aromatic carbocycles. The minimum Gasteiger partial charge on any atom is -0.497 e. The molecule has 1 aromatic rings. The summed E-state index contributed by atoms with van der Waals surface area (Å²) in [6.45, 7) is 1.65. The average Bonchev–Trinajstić information content (AvgIpc) is 2.37. The number of hydrogen-bond acceptors (Lipinski definition) is 6. The maximum atomic E-state index is 12.0. The first-order valence-electron chi connectivity index (χ1n) is 5.36. The zero-order chi connectivity index (χ0) is 14.6. The van der Waals surface area contributed by atoms with Gasteiger partial charge in [-0.15, -0.1) is 0 Å². The monoisotopic (exact) mass is 289 g/mol. The summed E-state index contributed by atoms with van der Waals surface area (Å²) in [5.41, 5.74) is 4.77. The smallest absolute Gasteiger partial charge is 0.293 e. The van der Waals surface area contributed by atoms with Crippen LogP contribution in [0.5, 0.6) is 5.75 Å². The van der Waals surface area contributed by atoms with Crippen molar-refractivity contribution in [3.05, 3.63) is 28.3 Å². The van der Waals surface area contributed by atoms with Crippen molar-refractivity contribution in [2.24, 2.45) is 5.73 Å². The van der Waals surface area contributed by atoms with Crippen LogP contribution in [0.1, 0.15) is 6.92 Å². The van der Waals surface area contributed by atoms with Crippen LogP contribution in [0.25, 0.3) is 0 Å². The molecular formula is C10H15N3O5S. The molecule has 3 N–H and O–H groups in total. The number of nitrogens with two attached hydrogens (primary N) is 1. The molecule has 9 heteroatoms. The fraction of sp³-hybridized carbons (Fsp3) is 0.400. The maximum Gasteiger partial charge on any atom is 0.293 e. The number of nitrogens with one attached hydrogen (secondary N) is 1. The Labute approximate surface area is 110 Å². The van der Waals surface area contributed by atoms with E-state index in [0.717, 1.165) is 12.1 Å². The summed E-state index contributed by atoms with van der Waals surface area (Å²) in [7, 11) is -2.66. The highest BCUT2D eigenvalue weighted by Gasteiger charge is 2.27. The van der Waals surface area contributed by atoms with Crippen LogP contribution in [0, 0.1) is 10.1 Å². The Balaban J connectivity index is 3.30. The van der Waals surface area contributed by atoms with E-state index < -0.39 is 31.6 Å². The lowest BCUT2D eigenvalue weighted by molar-refractivity contribution is -0.387. The van der Waals surface area contributed by atoms with Crippen molar-refractivity contribution in [3.63, 3.8) is 0 Å². The fourth-order valence-corrected chi connectivity index (χ4v) is 2.78. The second-order valence-electron chi connectivity index (χ2n) is 3.85. The Morgan fingerprint density at radius 3 is 2.63 bits per heavy atom. The van der Waals surface area contributed by atoms with Crippen LogP contribution in [0.15, 0.2) is 23.1 Å². The molecule has 0 spiro atoms. The molecule has 0 radical (unpaired) electrons. The molecule has 0 amide bonds. The third kappa shape index (κ3) is 3.63. The molecule has 0 saturated carbocycles. The van der Waals surface area contributed by atoms with Crippen molar-refractivity contribution >= 4 is 15.7 Å². The Bertz CT molecular complexity index is 573. The molecular weight excluding hydrogens is 274 g/mol. The number of nitro groups is 1. The molecule has 0 aliphatic rings. The van der Waals surface area contributed by atoms with Crippen molar-refractivity contribution in [1.29, 1.82) is 0 Å². The van der Waals surface area contributed by atoms with Crippen LogP contribution in [0.3, 0.4) is 0 Å². The Morgan fingerprint density at radius 1 is 1.53 bits per heavy atom. The van der Waals surface area contributed by atoms with E-state index in [1.165, 1.54) is 13.2 Å². The molecule has 0 aliphatic carbocycles. The number of methoxy groups -OCH3 is 1. The van der Waals surface area contributed by atoms with E-state index >= 15 is 0 Å². The van der Waals surface area contributed by atoms with Crippen molar-refractivity contribution < 1.29 is 18.1 Å². The summed E-state index contributed by atoms with van der Waals surface area (Å²) in [4.78, 5) is 9.73. The summed E-state index contributed by atoms with van der Waals surface area (Å²) in [5, 5.41) is 10.9. The van der Waals surface area contributed by atoms with Gasteiger partial charge in [0.05, 0.1) is 18.1 Å². The summed E-state index contributed by atoms with van der Waals surface area (Å²) in [6.07, 6.45) is 0. The molecule has 8 nitrogen and oxygen atoms in total. The van der Waals surface area contributed by atoms with E-state index in [-0.39, 0.29) is 12.3 Å². The van der Waals surface area contributed by atoms with Gasteiger partial charge in [-0.1, -0.05) is 0 Å². The van der Waals surface area contributed by atoms with E-state index in [1.807, 2.05) is 0 Å². The minimum atomic E-state index is -4.00. The van der Waals surface area contributed by atoms with Gasteiger partial charge >= 0.3 is 0 Å². The molecule has 1 unspecified atom stereocenters. The SMILES string of the molecule is COc1ccc(S(=O)(=O)NC(C)CN)c([N+](=O)[O-])c1. The number of benzene rings is 1. The highest BCUT2D eigenvalue weighted by Crippen LogP contribution is 2.28. The van der Waals surface area contributed by atoms with Crippen molar-refractivity contribution in [1.82, 2.24) is 4.72 Å². The van der Waals surface area contributed by atoms with Gasteiger partial charge in [0.25, 0.3) is 5.69 Å². The molecule has 0 bridgehead atoms. The van der Waals surface area contributed by atoms with Gasteiger partial charge in [0.15, 0.2) is 4.90 Å². The van der Waals surface area contributed by atoms with Gasteiger partial charge in [-0.3, -0.25) is 10.1 Å². The molecule has 0 fully saturated rings. The first-order valence-corrected chi connectivity index (χ1v) is 6.85. The van der Waals surface area contributed by atoms with E-state index in [1.54, 1.807) is 6.92 Å². The predicted octanol–water partition coefficient (Wildman–Crippen LogP) is 0.229. The van der Waals surface area contributed by atoms with Gasteiger partial charge < -0.3 is 10.5 Å². The number of hydrogen-bond donors (Lipinski definition) is 2. The Hall–Kier alpha value is -1.71. The normalized spacial score (nSPS) is 13.0. The topological polar surface area (TPSA) is 125 Å². The second kappa shape index (κ2) is 5.95. The quantitative estimate of drug-likeness (QED) is 0.570. The zero-order valence-corrected chi connectivity index (χ0v) is 11.3. The summed E-state index contributed by atoms with van der Waals surface area (Å²) in [6, 6.07) is 3.01. The standard InChI is InChI=1S/C10H15N3O5S/c1-7(6-11)12-19(16,17)10-4-3-8(18-2)5-9(10)13(14)15/h3-5,7,12H,6,11H2,1-2H3. The highest BCUT2D eigenvalue weighted by molar-refractivity contribution is 7.89. The molecule has 19 heavy (non-hydrogen) atoms. The second-order valence-corrected chi connectivity index (χ2v) is 5.53. The highest BCUT2D eigenvalue weighted by atomic mass is 32.2. The van der Waals surface area contributed by atoms with Crippen LogP contribution in [-0.2, 0) is 10.0 Å². The molecule has 0 saturated heterocycles. The van der Waals surface area contributed by atoms with E-state index in [2.05, 4.69) is 4.72 Å². The van der Waals surface area contributed by atoms with Gasteiger partial charge in [-0.2, -0.15) is 0 Å². The van der Waals surface area contributed by atoms with Crippen LogP contribution in [0.2, 0.25) is 0 Å². The Kier molecular flexibility index (Phi) is 4.81. The van der Waals surface area contributed by atoms with Crippen molar-refractivity contribution in [2.45, 2.75) is 17.9 Å². The van der Waals surface area contributed by atoms with Crippen LogP contribution >= 0.6 is 0 Å². The third-order valence-electron chi connectivity index (χ3n) is 2.36. The molecule has 0 aliphatic heterocycles. The van der Waals surface area contributed by atoms with E-state index in [0.29, 0.717) is 0 Å². The van der Waals surface area contributed by atoms with Crippen molar-refractivity contribution in [2.75, 3.05) is 13.7 Å². The predicted molar refractivity (Wildman–Crippen MR) is 68.5 cm³/mol. The van der Waals surface area contributed by atoms with E-state index in [4.69, 9.17) is 10.5 Å². The lowest BCUT2D eigenvalue weighted by atomic mass is 10.3. The van der Waals surface area contributed by atoms with Crippen molar-refractivity contribution in [3.8, 4) is 5.75 Å². The lowest BCUT2D eigenvalue weighted by Gasteiger charge is -2.12. The van der Waals surface area contributed by atoms with Crippen LogP contribution in [-0.4, -0.2) is 33.0 Å². The molecule has 0 heterocycles. The first-order chi connectivity index (χ1) is 8.81. The van der Waals surface area contributed by atoms with Gasteiger partial charge in [-0.25, -0.2) is 13.1 Å². The zero-order valence-electron chi connectivity index (χ0n) is 10.5. The Morgan fingerprint density at radius 2 is 2.16 bits per heavy atom. The average molecular weight is 289 g/mol. The minimum absolute atomic E-state index is 0.0865. The molecule has 106 valence electrons. The maximum absolute atomic E-state index is 12.0. The summed E-state index contributed by atoms with van der Waals surface area (Å²) >= 11 is 0. The number of ether oxygens (including phenoxy) is 1. The fourth-order valence-electron chi connectivity index (χ4n) is 1.37. The van der Waals surface area contributed by atoms with Gasteiger partial charge in [-0.05, 0) is 19.1 Å². The first kappa shape index (κ1) is 15.3. The molecule has 0 aromatic heterocycles. The number of sulfonamides is 1. The van der Waals surface area contributed by atoms with Crippen LogP contribution in [0.4, 0.5) is 5.69 Å². The number of nitrogens with zero attached hydrogens (tertiary/aromatic N) is 1.